The Balaban J connectivity index is 2.11. The SMILES string of the molecule is CC(=O)NC(Cc1ccc(O)cc1)C(=O)NC(Cc1ccc(O)cc1)C(=O)O. The molecule has 0 fully saturated rings. The van der Waals surface area contributed by atoms with Crippen molar-refractivity contribution >= 4 is 17.8 Å². The molecule has 0 saturated carbocycles. The fraction of sp³-hybridized carbons (Fsp3) is 0.250. The molecule has 2 amide bonds. The number of aliphatic carboxylic acids is 1. The molecule has 0 spiro atoms. The fourth-order valence-corrected chi connectivity index (χ4v) is 2.66. The van der Waals surface area contributed by atoms with Crippen LogP contribution in [-0.2, 0) is 27.2 Å². The number of hydrogen-bond donors (Lipinski definition) is 5. The first-order chi connectivity index (χ1) is 13.2. The second kappa shape index (κ2) is 9.40. The Kier molecular flexibility index (Phi) is 6.97. The molecule has 5 N–H and O–H groups in total. The van der Waals surface area contributed by atoms with Crippen LogP contribution >= 0.6 is 0 Å². The van der Waals surface area contributed by atoms with Gasteiger partial charge in [0.1, 0.15) is 23.6 Å². The molecule has 2 unspecified atom stereocenters. The fourth-order valence-electron chi connectivity index (χ4n) is 2.66. The van der Waals surface area contributed by atoms with E-state index in [0.29, 0.717) is 11.1 Å². The first-order valence-corrected chi connectivity index (χ1v) is 8.60. The lowest BCUT2D eigenvalue weighted by Crippen LogP contribution is -2.52. The van der Waals surface area contributed by atoms with Crippen LogP contribution in [0.5, 0.6) is 11.5 Å². The molecule has 2 rings (SSSR count). The summed E-state index contributed by atoms with van der Waals surface area (Å²) in [4.78, 5) is 35.7. The molecule has 0 aromatic heterocycles. The minimum Gasteiger partial charge on any atom is -0.508 e. The Morgan fingerprint density at radius 2 is 1.21 bits per heavy atom. The smallest absolute Gasteiger partial charge is 0.326 e. The molecule has 8 heteroatoms. The maximum absolute atomic E-state index is 12.6. The van der Waals surface area contributed by atoms with Gasteiger partial charge in [-0.2, -0.15) is 0 Å². The van der Waals surface area contributed by atoms with Crippen LogP contribution in [0.4, 0.5) is 0 Å². The van der Waals surface area contributed by atoms with E-state index in [-0.39, 0.29) is 24.3 Å². The predicted octanol–water partition coefficient (Wildman–Crippen LogP) is 0.957. The van der Waals surface area contributed by atoms with Crippen molar-refractivity contribution < 1.29 is 29.7 Å². The summed E-state index contributed by atoms with van der Waals surface area (Å²) in [7, 11) is 0. The standard InChI is InChI=1S/C20H22N2O6/c1-12(23)21-17(10-13-2-6-15(24)7-3-13)19(26)22-18(20(27)28)11-14-4-8-16(25)9-5-14/h2-9,17-18,24-25H,10-11H2,1H3,(H,21,23)(H,22,26)(H,27,28). The van der Waals surface area contributed by atoms with E-state index in [2.05, 4.69) is 10.6 Å². The number of carboxylic acids is 1. The third kappa shape index (κ3) is 6.31. The number of aromatic hydroxyl groups is 2. The number of nitrogens with one attached hydrogen (secondary N) is 2. The molecule has 0 aliphatic rings. The van der Waals surface area contributed by atoms with Crippen molar-refractivity contribution in [1.29, 1.82) is 0 Å². The van der Waals surface area contributed by atoms with Crippen LogP contribution in [0.15, 0.2) is 48.5 Å². The molecule has 2 aromatic rings. The number of rotatable bonds is 8. The Bertz CT molecular complexity index is 833. The summed E-state index contributed by atoms with van der Waals surface area (Å²) >= 11 is 0. The van der Waals surface area contributed by atoms with Crippen molar-refractivity contribution in [2.24, 2.45) is 0 Å². The summed E-state index contributed by atoms with van der Waals surface area (Å²) in [6, 6.07) is 9.98. The molecule has 148 valence electrons. The van der Waals surface area contributed by atoms with Gasteiger partial charge < -0.3 is 26.0 Å². The van der Waals surface area contributed by atoms with Crippen molar-refractivity contribution in [1.82, 2.24) is 10.6 Å². The predicted molar refractivity (Wildman–Crippen MR) is 101 cm³/mol. The zero-order valence-corrected chi connectivity index (χ0v) is 15.3. The molecule has 0 bridgehead atoms. The molecule has 0 aliphatic carbocycles. The molecule has 0 radical (unpaired) electrons. The van der Waals surface area contributed by atoms with Gasteiger partial charge in [-0.1, -0.05) is 24.3 Å². The van der Waals surface area contributed by atoms with Crippen LogP contribution in [0.3, 0.4) is 0 Å². The number of carbonyl (C=O) groups excluding carboxylic acids is 2. The maximum atomic E-state index is 12.6. The normalized spacial score (nSPS) is 12.6. The number of amides is 2. The molecule has 2 atom stereocenters. The van der Waals surface area contributed by atoms with Crippen molar-refractivity contribution in [3.05, 3.63) is 59.7 Å². The summed E-state index contributed by atoms with van der Waals surface area (Å²) in [6.45, 7) is 1.27. The van der Waals surface area contributed by atoms with Gasteiger partial charge in [0, 0.05) is 19.8 Å². The van der Waals surface area contributed by atoms with Gasteiger partial charge >= 0.3 is 5.97 Å². The Hall–Kier alpha value is -3.55. The van der Waals surface area contributed by atoms with Crippen LogP contribution in [0.1, 0.15) is 18.1 Å². The summed E-state index contributed by atoms with van der Waals surface area (Å²) in [5, 5.41) is 33.1. The molecule has 0 saturated heterocycles. The van der Waals surface area contributed by atoms with Crippen molar-refractivity contribution in [2.45, 2.75) is 31.8 Å². The minimum atomic E-state index is -1.22. The monoisotopic (exact) mass is 386 g/mol. The Morgan fingerprint density at radius 1 is 0.786 bits per heavy atom. The minimum absolute atomic E-state index is 0.0212. The molecule has 8 nitrogen and oxygen atoms in total. The third-order valence-electron chi connectivity index (χ3n) is 4.06. The molecule has 2 aromatic carbocycles. The van der Waals surface area contributed by atoms with Crippen LogP contribution < -0.4 is 10.6 Å². The van der Waals surface area contributed by atoms with Gasteiger partial charge in [0.05, 0.1) is 0 Å². The molecule has 0 aliphatic heterocycles. The van der Waals surface area contributed by atoms with Crippen LogP contribution in [0.25, 0.3) is 0 Å². The first kappa shape index (κ1) is 20.8. The van der Waals surface area contributed by atoms with Gasteiger partial charge in [-0.05, 0) is 35.4 Å². The van der Waals surface area contributed by atoms with Crippen LogP contribution in [0, 0.1) is 0 Å². The van der Waals surface area contributed by atoms with E-state index in [9.17, 15) is 29.7 Å². The second-order valence-electron chi connectivity index (χ2n) is 6.39. The van der Waals surface area contributed by atoms with E-state index < -0.39 is 29.9 Å². The Labute approximate surface area is 161 Å². The number of benzene rings is 2. The molecule has 28 heavy (non-hydrogen) atoms. The summed E-state index contributed by atoms with van der Waals surface area (Å²) in [5.74, 6) is -2.14. The summed E-state index contributed by atoms with van der Waals surface area (Å²) in [6.07, 6.45) is 0.157. The van der Waals surface area contributed by atoms with Crippen LogP contribution in [-0.4, -0.2) is 45.2 Å². The zero-order chi connectivity index (χ0) is 20.7. The lowest BCUT2D eigenvalue weighted by atomic mass is 10.0. The molecular formula is C20H22N2O6. The first-order valence-electron chi connectivity index (χ1n) is 8.60. The van der Waals surface area contributed by atoms with E-state index in [4.69, 9.17) is 0 Å². The molecule has 0 heterocycles. The highest BCUT2D eigenvalue weighted by atomic mass is 16.4. The number of phenols is 2. The van der Waals surface area contributed by atoms with Gasteiger partial charge in [-0.25, -0.2) is 4.79 Å². The van der Waals surface area contributed by atoms with Crippen molar-refractivity contribution in [3.8, 4) is 11.5 Å². The lowest BCUT2D eigenvalue weighted by molar-refractivity contribution is -0.142. The number of hydrogen-bond acceptors (Lipinski definition) is 5. The molecular weight excluding hydrogens is 364 g/mol. The summed E-state index contributed by atoms with van der Waals surface area (Å²) in [5.41, 5.74) is 1.32. The lowest BCUT2D eigenvalue weighted by Gasteiger charge is -2.21. The maximum Gasteiger partial charge on any atom is 0.326 e. The van der Waals surface area contributed by atoms with Crippen LogP contribution in [0.2, 0.25) is 0 Å². The second-order valence-corrected chi connectivity index (χ2v) is 6.39. The van der Waals surface area contributed by atoms with E-state index in [0.717, 1.165) is 0 Å². The number of carboxylic acid groups (broad SMARTS) is 1. The van der Waals surface area contributed by atoms with E-state index in [1.54, 1.807) is 24.3 Å². The number of phenolic OH excluding ortho intramolecular Hbond substituents is 2. The van der Waals surface area contributed by atoms with Gasteiger partial charge in [-0.3, -0.25) is 9.59 Å². The average molecular weight is 386 g/mol. The average Bonchev–Trinajstić information content (AvgIpc) is 2.63. The third-order valence-corrected chi connectivity index (χ3v) is 4.06. The highest BCUT2D eigenvalue weighted by Gasteiger charge is 2.26. The van der Waals surface area contributed by atoms with Crippen molar-refractivity contribution in [3.63, 3.8) is 0 Å². The zero-order valence-electron chi connectivity index (χ0n) is 15.3. The van der Waals surface area contributed by atoms with E-state index >= 15 is 0 Å². The topological polar surface area (TPSA) is 136 Å². The highest BCUT2D eigenvalue weighted by Crippen LogP contribution is 2.13. The van der Waals surface area contributed by atoms with Crippen molar-refractivity contribution in [2.75, 3.05) is 0 Å². The number of carbonyl (C=O) groups is 3. The van der Waals surface area contributed by atoms with Gasteiger partial charge in [0.2, 0.25) is 11.8 Å². The van der Waals surface area contributed by atoms with E-state index in [1.807, 2.05) is 0 Å². The largest absolute Gasteiger partial charge is 0.508 e. The quantitative estimate of drug-likeness (QED) is 0.458. The summed E-state index contributed by atoms with van der Waals surface area (Å²) < 4.78 is 0. The van der Waals surface area contributed by atoms with Gasteiger partial charge in [0.15, 0.2) is 0 Å². The van der Waals surface area contributed by atoms with E-state index in [1.165, 1.54) is 31.2 Å². The van der Waals surface area contributed by atoms with Gasteiger partial charge in [0.25, 0.3) is 0 Å². The Morgan fingerprint density at radius 3 is 1.61 bits per heavy atom. The van der Waals surface area contributed by atoms with Gasteiger partial charge in [-0.15, -0.1) is 0 Å². The highest BCUT2D eigenvalue weighted by molar-refractivity contribution is 5.90.